The summed E-state index contributed by atoms with van der Waals surface area (Å²) in [5, 5.41) is 27.4. The summed E-state index contributed by atoms with van der Waals surface area (Å²) in [5.74, 6) is 0. The van der Waals surface area contributed by atoms with Crippen molar-refractivity contribution in [3.63, 3.8) is 0 Å². The lowest BCUT2D eigenvalue weighted by molar-refractivity contribution is 0.606. The first-order chi connectivity index (χ1) is 19.7. The summed E-state index contributed by atoms with van der Waals surface area (Å²) >= 11 is 3.49. The third-order valence-corrected chi connectivity index (χ3v) is 9.82. The molecule has 3 aromatic carbocycles. The maximum absolute atomic E-state index is 4.55. The van der Waals surface area contributed by atoms with Crippen LogP contribution in [0.15, 0.2) is 48.5 Å². The van der Waals surface area contributed by atoms with Crippen molar-refractivity contribution in [3.8, 4) is 21.1 Å². The van der Waals surface area contributed by atoms with Gasteiger partial charge in [-0.3, -0.25) is 0 Å². The summed E-state index contributed by atoms with van der Waals surface area (Å²) in [7, 11) is 0. The van der Waals surface area contributed by atoms with Gasteiger partial charge >= 0.3 is 0 Å². The van der Waals surface area contributed by atoms with Crippen LogP contribution in [0.5, 0.6) is 0 Å². The van der Waals surface area contributed by atoms with Gasteiger partial charge in [-0.1, -0.05) is 137 Å². The molecule has 210 valence electrons. The zero-order chi connectivity index (χ0) is 27.6. The van der Waals surface area contributed by atoms with E-state index in [1.54, 1.807) is 22.7 Å². The lowest BCUT2D eigenvalue weighted by atomic mass is 9.99. The van der Waals surface area contributed by atoms with E-state index in [0.717, 1.165) is 44.0 Å². The van der Waals surface area contributed by atoms with Crippen molar-refractivity contribution in [2.45, 2.75) is 104 Å². The molecule has 0 atom stereocenters. The van der Waals surface area contributed by atoms with E-state index in [1.165, 1.54) is 98.6 Å². The van der Waals surface area contributed by atoms with Gasteiger partial charge in [0.05, 0.1) is 0 Å². The van der Waals surface area contributed by atoms with Crippen LogP contribution in [0.1, 0.15) is 101 Å². The Balaban J connectivity index is 1.27. The Morgan fingerprint density at radius 2 is 0.975 bits per heavy atom. The van der Waals surface area contributed by atoms with Crippen molar-refractivity contribution < 1.29 is 0 Å². The Labute approximate surface area is 247 Å². The number of nitrogens with zero attached hydrogens (tertiary/aromatic N) is 4. The average Bonchev–Trinajstić information content (AvgIpc) is 3.66. The van der Waals surface area contributed by atoms with Crippen molar-refractivity contribution >= 4 is 44.2 Å². The van der Waals surface area contributed by atoms with E-state index in [-0.39, 0.29) is 0 Å². The third kappa shape index (κ3) is 7.52. The number of fused-ring (bicyclic) bond motifs is 3. The van der Waals surface area contributed by atoms with E-state index in [4.69, 9.17) is 0 Å². The third-order valence-electron chi connectivity index (χ3n) is 7.75. The molecule has 0 saturated carbocycles. The van der Waals surface area contributed by atoms with E-state index in [1.807, 2.05) is 0 Å². The maximum Gasteiger partial charge on any atom is 0.147 e. The molecule has 5 aromatic rings. The Hall–Kier alpha value is -2.70. The molecule has 0 spiro atoms. The molecule has 2 aromatic heterocycles. The molecule has 0 saturated heterocycles. The van der Waals surface area contributed by atoms with E-state index in [9.17, 15) is 0 Å². The number of aryl methyl sites for hydroxylation is 2. The van der Waals surface area contributed by atoms with Crippen LogP contribution in [0.2, 0.25) is 0 Å². The molecule has 0 unspecified atom stereocenters. The topological polar surface area (TPSA) is 51.6 Å². The Bertz CT molecular complexity index is 1500. The molecule has 0 bridgehead atoms. The van der Waals surface area contributed by atoms with Gasteiger partial charge in [0.2, 0.25) is 0 Å². The second-order valence-corrected chi connectivity index (χ2v) is 13.1. The minimum absolute atomic E-state index is 1.02. The SMILES string of the molecule is CCCCCCCCc1nnc(-c2ccc3c(ccc4ccc(-c5nnc(CCCCCCCC)s5)cc43)c2)s1. The zero-order valence-corrected chi connectivity index (χ0v) is 25.8. The van der Waals surface area contributed by atoms with Gasteiger partial charge in [-0.15, -0.1) is 20.4 Å². The molecular weight excluding hydrogens is 529 g/mol. The van der Waals surface area contributed by atoms with Crippen molar-refractivity contribution in [2.75, 3.05) is 0 Å². The van der Waals surface area contributed by atoms with Gasteiger partial charge in [-0.2, -0.15) is 0 Å². The van der Waals surface area contributed by atoms with Crippen LogP contribution in [-0.2, 0) is 12.8 Å². The summed E-state index contributed by atoms with van der Waals surface area (Å²) in [5.41, 5.74) is 2.30. The van der Waals surface area contributed by atoms with Crippen LogP contribution in [0.25, 0.3) is 42.7 Å². The van der Waals surface area contributed by atoms with E-state index in [2.05, 4.69) is 82.8 Å². The van der Waals surface area contributed by atoms with Crippen molar-refractivity contribution in [2.24, 2.45) is 0 Å². The van der Waals surface area contributed by atoms with E-state index >= 15 is 0 Å². The molecule has 0 amide bonds. The molecule has 0 N–H and O–H groups in total. The quantitative estimate of drug-likeness (QED) is 0.0874. The number of hydrogen-bond acceptors (Lipinski definition) is 6. The fourth-order valence-corrected chi connectivity index (χ4v) is 7.14. The molecular formula is C34H42N4S2. The second-order valence-electron chi connectivity index (χ2n) is 11.0. The highest BCUT2D eigenvalue weighted by Gasteiger charge is 2.11. The first-order valence-electron chi connectivity index (χ1n) is 15.4. The van der Waals surface area contributed by atoms with Gasteiger partial charge in [0, 0.05) is 24.0 Å². The molecule has 0 aliphatic carbocycles. The molecule has 6 heteroatoms. The van der Waals surface area contributed by atoms with Crippen molar-refractivity contribution in [1.29, 1.82) is 0 Å². The summed E-state index contributed by atoms with van der Waals surface area (Å²) in [4.78, 5) is 0. The fourth-order valence-electron chi connectivity index (χ4n) is 5.38. The number of unbranched alkanes of at least 4 members (excludes halogenated alkanes) is 10. The zero-order valence-electron chi connectivity index (χ0n) is 24.1. The average molecular weight is 571 g/mol. The number of rotatable bonds is 16. The Morgan fingerprint density at radius 1 is 0.475 bits per heavy atom. The monoisotopic (exact) mass is 570 g/mol. The number of hydrogen-bond donors (Lipinski definition) is 0. The molecule has 4 nitrogen and oxygen atoms in total. The minimum Gasteiger partial charge on any atom is -0.143 e. The first kappa shape index (κ1) is 28.8. The van der Waals surface area contributed by atoms with E-state index < -0.39 is 0 Å². The number of aromatic nitrogens is 4. The largest absolute Gasteiger partial charge is 0.147 e. The first-order valence-corrected chi connectivity index (χ1v) is 17.0. The molecule has 2 heterocycles. The normalized spacial score (nSPS) is 11.7. The van der Waals surface area contributed by atoms with Gasteiger partial charge in [0.15, 0.2) is 0 Å². The second kappa shape index (κ2) is 14.8. The van der Waals surface area contributed by atoms with Gasteiger partial charge in [-0.25, -0.2) is 0 Å². The standard InChI is InChI=1S/C34H42N4S2/c1-3-5-7-9-11-13-15-31-35-37-33(39-31)27-21-22-29-26(23-27)19-17-25-18-20-28(24-30(25)29)34-38-36-32(40-34)16-14-12-10-8-6-4-2/h17-24H,3-16H2,1-2H3. The summed E-state index contributed by atoms with van der Waals surface area (Å²) in [6.45, 7) is 4.53. The van der Waals surface area contributed by atoms with Crippen molar-refractivity contribution in [3.05, 3.63) is 58.5 Å². The predicted octanol–water partition coefficient (Wildman–Crippen LogP) is 10.8. The highest BCUT2D eigenvalue weighted by Crippen LogP contribution is 2.34. The molecule has 40 heavy (non-hydrogen) atoms. The van der Waals surface area contributed by atoms with Gasteiger partial charge in [0.25, 0.3) is 0 Å². The van der Waals surface area contributed by atoms with Crippen LogP contribution in [0.4, 0.5) is 0 Å². The fraction of sp³-hybridized carbons (Fsp3) is 0.471. The van der Waals surface area contributed by atoms with Crippen LogP contribution < -0.4 is 0 Å². The molecule has 0 fully saturated rings. The molecule has 0 aliphatic rings. The minimum atomic E-state index is 1.02. The molecule has 0 radical (unpaired) electrons. The summed E-state index contributed by atoms with van der Waals surface area (Å²) in [6.07, 6.45) is 17.7. The lowest BCUT2D eigenvalue weighted by Crippen LogP contribution is -1.85. The highest BCUT2D eigenvalue weighted by atomic mass is 32.1. The van der Waals surface area contributed by atoms with Crippen LogP contribution in [0, 0.1) is 0 Å². The Kier molecular flexibility index (Phi) is 10.7. The number of benzene rings is 3. The van der Waals surface area contributed by atoms with Gasteiger partial charge in [0.1, 0.15) is 20.0 Å². The van der Waals surface area contributed by atoms with Crippen LogP contribution in [-0.4, -0.2) is 20.4 Å². The highest BCUT2D eigenvalue weighted by molar-refractivity contribution is 7.15. The van der Waals surface area contributed by atoms with E-state index in [0.29, 0.717) is 0 Å². The van der Waals surface area contributed by atoms with Gasteiger partial charge in [-0.05, 0) is 46.5 Å². The van der Waals surface area contributed by atoms with Crippen LogP contribution in [0.3, 0.4) is 0 Å². The summed E-state index contributed by atoms with van der Waals surface area (Å²) < 4.78 is 0. The smallest absolute Gasteiger partial charge is 0.143 e. The molecule has 0 aliphatic heterocycles. The van der Waals surface area contributed by atoms with Crippen LogP contribution >= 0.6 is 22.7 Å². The predicted molar refractivity (Wildman–Crippen MR) is 173 cm³/mol. The summed E-state index contributed by atoms with van der Waals surface area (Å²) in [6, 6.07) is 17.8. The van der Waals surface area contributed by atoms with Crippen molar-refractivity contribution in [1.82, 2.24) is 20.4 Å². The maximum atomic E-state index is 4.55. The molecule has 5 rings (SSSR count). The van der Waals surface area contributed by atoms with Gasteiger partial charge < -0.3 is 0 Å². The lowest BCUT2D eigenvalue weighted by Gasteiger charge is -2.07. The Morgan fingerprint density at radius 3 is 1.60 bits per heavy atom.